The smallest absolute Gasteiger partial charge is 0.224 e. The molecule has 1 aromatic heterocycles. The van der Waals surface area contributed by atoms with Gasteiger partial charge in [-0.2, -0.15) is 0 Å². The Kier molecular flexibility index (Phi) is 4.98. The summed E-state index contributed by atoms with van der Waals surface area (Å²) in [5.41, 5.74) is 0. The molecule has 1 rings (SSSR count). The lowest BCUT2D eigenvalue weighted by Gasteiger charge is -2.18. The molecule has 2 atom stereocenters. The first-order chi connectivity index (χ1) is 7.69. The summed E-state index contributed by atoms with van der Waals surface area (Å²) < 4.78 is 0. The Bertz CT molecular complexity index is 310. The van der Waals surface area contributed by atoms with Gasteiger partial charge in [-0.05, 0) is 13.5 Å². The van der Waals surface area contributed by atoms with Crippen molar-refractivity contribution in [2.75, 3.05) is 13.6 Å². The van der Waals surface area contributed by atoms with Gasteiger partial charge in [0, 0.05) is 24.9 Å². The van der Waals surface area contributed by atoms with Crippen molar-refractivity contribution in [1.82, 2.24) is 20.6 Å². The molecule has 0 spiro atoms. The van der Waals surface area contributed by atoms with Gasteiger partial charge in [0.05, 0.1) is 6.04 Å². The van der Waals surface area contributed by atoms with E-state index in [2.05, 4.69) is 20.6 Å². The molecular weight excluding hydrogens is 204 g/mol. The Morgan fingerprint density at radius 2 is 2.38 bits per heavy atom. The summed E-state index contributed by atoms with van der Waals surface area (Å²) in [6, 6.07) is -0.0261. The number of hydrogen-bond acceptors (Lipinski definition) is 3. The summed E-state index contributed by atoms with van der Waals surface area (Å²) in [7, 11) is 1.84. The maximum atomic E-state index is 11.8. The highest BCUT2D eigenvalue weighted by atomic mass is 16.1. The molecule has 0 saturated carbocycles. The maximum absolute atomic E-state index is 11.8. The van der Waals surface area contributed by atoms with Gasteiger partial charge in [-0.25, -0.2) is 4.98 Å². The van der Waals surface area contributed by atoms with Crippen LogP contribution in [0.2, 0.25) is 0 Å². The molecule has 0 bridgehead atoms. The third kappa shape index (κ3) is 3.34. The Balaban J connectivity index is 2.54. The second-order valence-electron chi connectivity index (χ2n) is 3.90. The number of imidazole rings is 1. The van der Waals surface area contributed by atoms with Crippen LogP contribution in [-0.2, 0) is 4.79 Å². The number of nitrogens with zero attached hydrogens (tertiary/aromatic N) is 1. The van der Waals surface area contributed by atoms with Gasteiger partial charge in [0.15, 0.2) is 0 Å². The number of nitrogens with one attached hydrogen (secondary N) is 3. The minimum Gasteiger partial charge on any atom is -0.347 e. The summed E-state index contributed by atoms with van der Waals surface area (Å²) in [6.45, 7) is 4.61. The monoisotopic (exact) mass is 224 g/mol. The summed E-state index contributed by atoms with van der Waals surface area (Å²) in [4.78, 5) is 19.0. The normalized spacial score (nSPS) is 14.4. The van der Waals surface area contributed by atoms with Gasteiger partial charge in [-0.15, -0.1) is 0 Å². The van der Waals surface area contributed by atoms with E-state index in [4.69, 9.17) is 0 Å². The number of carbonyl (C=O) groups is 1. The van der Waals surface area contributed by atoms with E-state index in [9.17, 15) is 4.79 Å². The fourth-order valence-electron chi connectivity index (χ4n) is 1.54. The largest absolute Gasteiger partial charge is 0.347 e. The number of carbonyl (C=O) groups excluding carboxylic acids is 1. The lowest BCUT2D eigenvalue weighted by molar-refractivity contribution is -0.125. The van der Waals surface area contributed by atoms with E-state index < -0.39 is 0 Å². The first-order valence-corrected chi connectivity index (χ1v) is 5.63. The van der Waals surface area contributed by atoms with Crippen molar-refractivity contribution in [1.29, 1.82) is 0 Å². The van der Waals surface area contributed by atoms with Crippen LogP contribution in [0.1, 0.15) is 32.1 Å². The van der Waals surface area contributed by atoms with Crippen LogP contribution in [0.3, 0.4) is 0 Å². The second kappa shape index (κ2) is 6.27. The predicted molar refractivity (Wildman–Crippen MR) is 62.9 cm³/mol. The fraction of sp³-hybridized carbons (Fsp3) is 0.636. The van der Waals surface area contributed by atoms with Crippen LogP contribution < -0.4 is 10.6 Å². The zero-order valence-corrected chi connectivity index (χ0v) is 10.1. The minimum absolute atomic E-state index is 0.0261. The quantitative estimate of drug-likeness (QED) is 0.670. The van der Waals surface area contributed by atoms with Crippen LogP contribution >= 0.6 is 0 Å². The Hall–Kier alpha value is -1.36. The van der Waals surface area contributed by atoms with Gasteiger partial charge >= 0.3 is 0 Å². The highest BCUT2D eigenvalue weighted by molar-refractivity contribution is 5.78. The Morgan fingerprint density at radius 3 is 2.88 bits per heavy atom. The van der Waals surface area contributed by atoms with Crippen LogP contribution in [0.4, 0.5) is 0 Å². The van der Waals surface area contributed by atoms with Crippen molar-refractivity contribution in [2.24, 2.45) is 5.92 Å². The number of rotatable bonds is 6. The van der Waals surface area contributed by atoms with E-state index in [1.54, 1.807) is 12.4 Å². The Morgan fingerprint density at radius 1 is 1.62 bits per heavy atom. The molecular formula is C11H20N4O. The highest BCUT2D eigenvalue weighted by Gasteiger charge is 2.18. The van der Waals surface area contributed by atoms with Gasteiger partial charge in [0.25, 0.3) is 0 Å². The summed E-state index contributed by atoms with van der Waals surface area (Å²) in [5, 5.41) is 5.97. The van der Waals surface area contributed by atoms with Crippen molar-refractivity contribution in [2.45, 2.75) is 26.3 Å². The van der Waals surface area contributed by atoms with Crippen molar-refractivity contribution >= 4 is 5.91 Å². The first-order valence-electron chi connectivity index (χ1n) is 5.63. The van der Waals surface area contributed by atoms with Crippen LogP contribution in [0, 0.1) is 5.92 Å². The molecule has 5 nitrogen and oxygen atoms in total. The van der Waals surface area contributed by atoms with E-state index in [-0.39, 0.29) is 17.9 Å². The molecule has 0 aromatic carbocycles. The highest BCUT2D eigenvalue weighted by Crippen LogP contribution is 2.12. The number of aromatic nitrogens is 2. The lowest BCUT2D eigenvalue weighted by Crippen LogP contribution is -2.36. The molecule has 1 amide bonds. The number of H-pyrrole nitrogens is 1. The molecule has 1 aromatic rings. The zero-order chi connectivity index (χ0) is 12.0. The average Bonchev–Trinajstić information content (AvgIpc) is 2.79. The van der Waals surface area contributed by atoms with Gasteiger partial charge in [-0.1, -0.05) is 13.8 Å². The Labute approximate surface area is 96.0 Å². The second-order valence-corrected chi connectivity index (χ2v) is 3.90. The third-order valence-corrected chi connectivity index (χ3v) is 2.53. The lowest BCUT2D eigenvalue weighted by atomic mass is 10.1. The van der Waals surface area contributed by atoms with E-state index >= 15 is 0 Å². The fourth-order valence-corrected chi connectivity index (χ4v) is 1.54. The average molecular weight is 224 g/mol. The van der Waals surface area contributed by atoms with Gasteiger partial charge in [0.1, 0.15) is 5.82 Å². The molecule has 2 unspecified atom stereocenters. The summed E-state index contributed by atoms with van der Waals surface area (Å²) >= 11 is 0. The van der Waals surface area contributed by atoms with Crippen molar-refractivity contribution in [3.05, 3.63) is 18.2 Å². The minimum atomic E-state index is -0.0333. The third-order valence-electron chi connectivity index (χ3n) is 2.53. The summed E-state index contributed by atoms with van der Waals surface area (Å²) in [5.74, 6) is 0.833. The predicted octanol–water partition coefficient (Wildman–Crippen LogP) is 0.832. The van der Waals surface area contributed by atoms with Crippen molar-refractivity contribution in [3.63, 3.8) is 0 Å². The SMILES string of the molecule is CCC(NC(=O)C(C)CNC)c1ncc[nH]1. The maximum Gasteiger partial charge on any atom is 0.224 e. The molecule has 0 aliphatic heterocycles. The van der Waals surface area contributed by atoms with Crippen LogP contribution in [-0.4, -0.2) is 29.5 Å². The zero-order valence-electron chi connectivity index (χ0n) is 10.1. The van der Waals surface area contributed by atoms with E-state index in [0.29, 0.717) is 6.54 Å². The van der Waals surface area contributed by atoms with E-state index in [1.165, 1.54) is 0 Å². The molecule has 5 heteroatoms. The van der Waals surface area contributed by atoms with Crippen molar-refractivity contribution < 1.29 is 4.79 Å². The molecule has 0 aliphatic rings. The van der Waals surface area contributed by atoms with Gasteiger partial charge in [-0.3, -0.25) is 4.79 Å². The number of aromatic amines is 1. The van der Waals surface area contributed by atoms with Gasteiger partial charge < -0.3 is 15.6 Å². The molecule has 1 heterocycles. The first kappa shape index (κ1) is 12.7. The van der Waals surface area contributed by atoms with Crippen molar-refractivity contribution in [3.8, 4) is 0 Å². The molecule has 0 saturated heterocycles. The molecule has 0 aliphatic carbocycles. The number of hydrogen-bond donors (Lipinski definition) is 3. The van der Waals surface area contributed by atoms with E-state index in [1.807, 2.05) is 20.9 Å². The number of amides is 1. The molecule has 3 N–H and O–H groups in total. The van der Waals surface area contributed by atoms with Crippen LogP contribution in [0.25, 0.3) is 0 Å². The van der Waals surface area contributed by atoms with Crippen LogP contribution in [0.5, 0.6) is 0 Å². The van der Waals surface area contributed by atoms with Crippen LogP contribution in [0.15, 0.2) is 12.4 Å². The standard InChI is InChI=1S/C11H20N4O/c1-4-9(10-13-5-6-14-10)15-11(16)8(2)7-12-3/h5-6,8-9,12H,4,7H2,1-3H3,(H,13,14)(H,15,16). The molecule has 90 valence electrons. The summed E-state index contributed by atoms with van der Waals surface area (Å²) in [6.07, 6.45) is 4.29. The molecule has 0 fully saturated rings. The van der Waals surface area contributed by atoms with E-state index in [0.717, 1.165) is 12.2 Å². The topological polar surface area (TPSA) is 69.8 Å². The molecule has 0 radical (unpaired) electrons. The molecule has 16 heavy (non-hydrogen) atoms. The van der Waals surface area contributed by atoms with Gasteiger partial charge in [0.2, 0.25) is 5.91 Å².